The van der Waals surface area contributed by atoms with E-state index in [-0.39, 0.29) is 24.7 Å². The fourth-order valence-corrected chi connectivity index (χ4v) is 1.99. The van der Waals surface area contributed by atoms with Crippen LogP contribution in [0.15, 0.2) is 57.6 Å². The summed E-state index contributed by atoms with van der Waals surface area (Å²) in [6, 6.07) is 9.49. The maximum atomic E-state index is 13.5. The minimum Gasteiger partial charge on any atom is -0.483 e. The Morgan fingerprint density at radius 2 is 2.00 bits per heavy atom. The van der Waals surface area contributed by atoms with Gasteiger partial charge in [0.2, 0.25) is 0 Å². The molecule has 0 unspecified atom stereocenters. The molecule has 0 fully saturated rings. The lowest BCUT2D eigenvalue weighted by molar-refractivity contribution is 0.0916. The van der Waals surface area contributed by atoms with Gasteiger partial charge in [-0.15, -0.1) is 0 Å². The Balaban J connectivity index is 1.55. The van der Waals surface area contributed by atoms with Crippen LogP contribution in [0, 0.1) is 11.6 Å². The average molecular weight is 333 g/mol. The number of hydrogen-bond donors (Lipinski definition) is 1. The molecule has 1 aromatic carbocycles. The van der Waals surface area contributed by atoms with E-state index in [1.54, 1.807) is 18.2 Å². The fourth-order valence-electron chi connectivity index (χ4n) is 1.99. The molecule has 0 aliphatic carbocycles. The number of furan rings is 2. The molecule has 7 heteroatoms. The highest BCUT2D eigenvalue weighted by molar-refractivity contribution is 5.91. The van der Waals surface area contributed by atoms with Gasteiger partial charge in [0.15, 0.2) is 17.3 Å². The molecule has 0 bridgehead atoms. The summed E-state index contributed by atoms with van der Waals surface area (Å²) in [7, 11) is 0. The number of rotatable bonds is 6. The van der Waals surface area contributed by atoms with Crippen LogP contribution in [0.5, 0.6) is 5.75 Å². The van der Waals surface area contributed by atoms with E-state index in [1.165, 1.54) is 18.4 Å². The highest BCUT2D eigenvalue weighted by atomic mass is 19.1. The molecule has 124 valence electrons. The van der Waals surface area contributed by atoms with E-state index in [0.717, 1.165) is 12.1 Å². The second-order valence-electron chi connectivity index (χ2n) is 4.89. The summed E-state index contributed by atoms with van der Waals surface area (Å²) in [5.41, 5.74) is 0. The van der Waals surface area contributed by atoms with Crippen molar-refractivity contribution in [1.29, 1.82) is 0 Å². The molecule has 1 N–H and O–H groups in total. The lowest BCUT2D eigenvalue weighted by Gasteiger charge is -2.05. The standard InChI is InChI=1S/C17H13F2NO4/c18-11-3-5-15(14(19)8-11)23-10-13-4-6-16(24-13)17(21)20-9-12-2-1-7-22-12/h1-8H,9-10H2,(H,20,21). The summed E-state index contributed by atoms with van der Waals surface area (Å²) in [6.45, 7) is 0.146. The van der Waals surface area contributed by atoms with Gasteiger partial charge in [0, 0.05) is 6.07 Å². The van der Waals surface area contributed by atoms with Gasteiger partial charge in [0.25, 0.3) is 5.91 Å². The zero-order chi connectivity index (χ0) is 16.9. The Hall–Kier alpha value is -3.09. The molecule has 5 nitrogen and oxygen atoms in total. The Morgan fingerprint density at radius 3 is 2.75 bits per heavy atom. The van der Waals surface area contributed by atoms with Crippen LogP contribution in [0.25, 0.3) is 0 Å². The van der Waals surface area contributed by atoms with E-state index < -0.39 is 17.5 Å². The quantitative estimate of drug-likeness (QED) is 0.748. The van der Waals surface area contributed by atoms with Crippen LogP contribution in [0.4, 0.5) is 8.78 Å². The van der Waals surface area contributed by atoms with Gasteiger partial charge in [0.1, 0.15) is 23.9 Å². The number of halogens is 2. The highest BCUT2D eigenvalue weighted by Crippen LogP contribution is 2.19. The summed E-state index contributed by atoms with van der Waals surface area (Å²) >= 11 is 0. The molecular formula is C17H13F2NO4. The SMILES string of the molecule is O=C(NCc1ccco1)c1ccc(COc2ccc(F)cc2F)o1. The summed E-state index contributed by atoms with van der Waals surface area (Å²) in [5.74, 6) is -0.958. The minimum absolute atomic E-state index is 0.0893. The average Bonchev–Trinajstić information content (AvgIpc) is 3.23. The number of carbonyl (C=O) groups is 1. The molecular weight excluding hydrogens is 320 g/mol. The summed E-state index contributed by atoms with van der Waals surface area (Å²) in [6.07, 6.45) is 1.51. The summed E-state index contributed by atoms with van der Waals surface area (Å²) in [5, 5.41) is 2.63. The summed E-state index contributed by atoms with van der Waals surface area (Å²) < 4.78 is 41.9. The second-order valence-corrected chi connectivity index (χ2v) is 4.89. The molecule has 3 rings (SSSR count). The monoisotopic (exact) mass is 333 g/mol. The molecule has 0 atom stereocenters. The van der Waals surface area contributed by atoms with Crippen molar-refractivity contribution in [3.63, 3.8) is 0 Å². The van der Waals surface area contributed by atoms with Crippen LogP contribution >= 0.6 is 0 Å². The second kappa shape index (κ2) is 6.99. The van der Waals surface area contributed by atoms with Gasteiger partial charge < -0.3 is 18.9 Å². The van der Waals surface area contributed by atoms with Gasteiger partial charge in [-0.3, -0.25) is 4.79 Å². The predicted molar refractivity (Wildman–Crippen MR) is 79.3 cm³/mol. The van der Waals surface area contributed by atoms with Crippen molar-refractivity contribution in [2.75, 3.05) is 0 Å². The minimum atomic E-state index is -0.807. The third kappa shape index (κ3) is 3.81. The van der Waals surface area contributed by atoms with Crippen molar-refractivity contribution >= 4 is 5.91 Å². The van der Waals surface area contributed by atoms with E-state index in [2.05, 4.69) is 5.32 Å². The molecule has 0 saturated carbocycles. The van der Waals surface area contributed by atoms with E-state index in [1.807, 2.05) is 0 Å². The van der Waals surface area contributed by atoms with E-state index in [4.69, 9.17) is 13.6 Å². The number of ether oxygens (including phenoxy) is 1. The van der Waals surface area contributed by atoms with E-state index in [0.29, 0.717) is 11.5 Å². The van der Waals surface area contributed by atoms with Crippen molar-refractivity contribution in [2.24, 2.45) is 0 Å². The third-order valence-corrected chi connectivity index (χ3v) is 3.15. The molecule has 0 spiro atoms. The lowest BCUT2D eigenvalue weighted by Crippen LogP contribution is -2.21. The molecule has 0 aliphatic rings. The number of carbonyl (C=O) groups excluding carboxylic acids is 1. The smallest absolute Gasteiger partial charge is 0.287 e. The number of hydrogen-bond acceptors (Lipinski definition) is 4. The first-order valence-corrected chi connectivity index (χ1v) is 7.09. The summed E-state index contributed by atoms with van der Waals surface area (Å²) in [4.78, 5) is 11.9. The van der Waals surface area contributed by atoms with E-state index in [9.17, 15) is 13.6 Å². The van der Waals surface area contributed by atoms with Crippen LogP contribution in [0.1, 0.15) is 22.1 Å². The number of amides is 1. The topological polar surface area (TPSA) is 64.6 Å². The Bertz CT molecular complexity index is 827. The van der Waals surface area contributed by atoms with Gasteiger partial charge in [0.05, 0.1) is 12.8 Å². The first-order chi connectivity index (χ1) is 11.6. The van der Waals surface area contributed by atoms with Gasteiger partial charge >= 0.3 is 0 Å². The first-order valence-electron chi connectivity index (χ1n) is 7.09. The Morgan fingerprint density at radius 1 is 1.12 bits per heavy atom. The molecule has 0 aliphatic heterocycles. The van der Waals surface area contributed by atoms with Gasteiger partial charge in [-0.2, -0.15) is 0 Å². The van der Waals surface area contributed by atoms with Gasteiger partial charge in [-0.1, -0.05) is 0 Å². The Labute approximate surface area is 135 Å². The van der Waals surface area contributed by atoms with Crippen LogP contribution in [0.2, 0.25) is 0 Å². The zero-order valence-corrected chi connectivity index (χ0v) is 12.4. The molecule has 3 aromatic rings. The lowest BCUT2D eigenvalue weighted by atomic mass is 10.3. The van der Waals surface area contributed by atoms with Crippen LogP contribution in [0.3, 0.4) is 0 Å². The van der Waals surface area contributed by atoms with Crippen molar-refractivity contribution in [2.45, 2.75) is 13.2 Å². The Kier molecular flexibility index (Phi) is 4.60. The van der Waals surface area contributed by atoms with Crippen LogP contribution < -0.4 is 10.1 Å². The third-order valence-electron chi connectivity index (χ3n) is 3.15. The normalized spacial score (nSPS) is 10.6. The van der Waals surface area contributed by atoms with Crippen LogP contribution in [-0.4, -0.2) is 5.91 Å². The molecule has 0 saturated heterocycles. The van der Waals surface area contributed by atoms with Crippen molar-refractivity contribution < 1.29 is 27.1 Å². The van der Waals surface area contributed by atoms with Crippen LogP contribution in [-0.2, 0) is 13.2 Å². The maximum absolute atomic E-state index is 13.5. The predicted octanol–water partition coefficient (Wildman–Crippen LogP) is 3.66. The maximum Gasteiger partial charge on any atom is 0.287 e. The number of nitrogens with one attached hydrogen (secondary N) is 1. The van der Waals surface area contributed by atoms with Gasteiger partial charge in [-0.05, 0) is 36.4 Å². The molecule has 0 radical (unpaired) electrons. The molecule has 2 aromatic heterocycles. The van der Waals surface area contributed by atoms with Crippen molar-refractivity contribution in [1.82, 2.24) is 5.32 Å². The van der Waals surface area contributed by atoms with Gasteiger partial charge in [-0.25, -0.2) is 8.78 Å². The van der Waals surface area contributed by atoms with Crippen molar-refractivity contribution in [3.8, 4) is 5.75 Å². The largest absolute Gasteiger partial charge is 0.483 e. The highest BCUT2D eigenvalue weighted by Gasteiger charge is 2.12. The van der Waals surface area contributed by atoms with E-state index >= 15 is 0 Å². The molecule has 24 heavy (non-hydrogen) atoms. The zero-order valence-electron chi connectivity index (χ0n) is 12.4. The molecule has 2 heterocycles. The van der Waals surface area contributed by atoms with Crippen molar-refractivity contribution in [3.05, 3.63) is 77.6 Å². The number of benzene rings is 1. The fraction of sp³-hybridized carbons (Fsp3) is 0.118. The molecule has 1 amide bonds. The first kappa shape index (κ1) is 15.8.